The summed E-state index contributed by atoms with van der Waals surface area (Å²) in [5, 5.41) is 0.494. The minimum absolute atomic E-state index is 0.380. The summed E-state index contributed by atoms with van der Waals surface area (Å²) >= 11 is 5.53. The lowest BCUT2D eigenvalue weighted by atomic mass is 9.96. The van der Waals surface area contributed by atoms with Gasteiger partial charge >= 0.3 is 0 Å². The fourth-order valence-electron chi connectivity index (χ4n) is 0.925. The van der Waals surface area contributed by atoms with Crippen molar-refractivity contribution < 1.29 is 4.74 Å². The van der Waals surface area contributed by atoms with Crippen molar-refractivity contribution in [1.29, 1.82) is 0 Å². The average molecular weight is 185 g/mol. The molecule has 0 amide bonds. The predicted octanol–water partition coefficient (Wildman–Crippen LogP) is 3.38. The van der Waals surface area contributed by atoms with E-state index in [0.29, 0.717) is 16.9 Å². The number of ether oxygens (including phenoxy) is 1. The molecule has 1 rings (SSSR count). The Bertz CT molecular complexity index is 214. The summed E-state index contributed by atoms with van der Waals surface area (Å²) in [4.78, 5) is 0. The SMILES string of the molecule is C=C(Cl)/C=C\C(=C)OC1CCC1. The highest BCUT2D eigenvalue weighted by atomic mass is 35.5. The molecule has 1 saturated carbocycles. The molecule has 0 aromatic heterocycles. The van der Waals surface area contributed by atoms with Crippen LogP contribution in [-0.4, -0.2) is 6.10 Å². The van der Waals surface area contributed by atoms with Crippen molar-refractivity contribution >= 4 is 11.6 Å². The van der Waals surface area contributed by atoms with Crippen molar-refractivity contribution in [2.75, 3.05) is 0 Å². The van der Waals surface area contributed by atoms with Crippen LogP contribution in [0.25, 0.3) is 0 Å². The number of allylic oxidation sites excluding steroid dienone is 3. The van der Waals surface area contributed by atoms with Crippen LogP contribution in [0.2, 0.25) is 0 Å². The molecule has 0 saturated heterocycles. The minimum Gasteiger partial charge on any atom is -0.491 e. The summed E-state index contributed by atoms with van der Waals surface area (Å²) in [6.07, 6.45) is 7.37. The molecule has 1 aliphatic carbocycles. The molecule has 0 bridgehead atoms. The molecule has 0 spiro atoms. The molecule has 1 nitrogen and oxygen atoms in total. The molecular weight excluding hydrogens is 172 g/mol. The van der Waals surface area contributed by atoms with E-state index < -0.39 is 0 Å². The van der Waals surface area contributed by atoms with Crippen LogP contribution < -0.4 is 0 Å². The Labute approximate surface area is 78.4 Å². The van der Waals surface area contributed by atoms with E-state index in [4.69, 9.17) is 16.3 Å². The quantitative estimate of drug-likeness (QED) is 0.481. The Morgan fingerprint density at radius 1 is 1.33 bits per heavy atom. The zero-order valence-electron chi connectivity index (χ0n) is 7.05. The van der Waals surface area contributed by atoms with Crippen molar-refractivity contribution in [3.63, 3.8) is 0 Å². The molecule has 12 heavy (non-hydrogen) atoms. The molecule has 0 aromatic carbocycles. The molecule has 66 valence electrons. The van der Waals surface area contributed by atoms with Crippen molar-refractivity contribution in [3.8, 4) is 0 Å². The van der Waals surface area contributed by atoms with Gasteiger partial charge in [0.25, 0.3) is 0 Å². The van der Waals surface area contributed by atoms with Crippen LogP contribution in [-0.2, 0) is 4.74 Å². The summed E-state index contributed by atoms with van der Waals surface area (Å²) in [6.45, 7) is 7.26. The highest BCUT2D eigenvalue weighted by molar-refractivity contribution is 6.30. The molecule has 0 radical (unpaired) electrons. The third-order valence-electron chi connectivity index (χ3n) is 1.82. The third-order valence-corrected chi connectivity index (χ3v) is 1.95. The Hall–Kier alpha value is -0.690. The second-order valence-corrected chi connectivity index (χ2v) is 3.40. The molecule has 1 fully saturated rings. The van der Waals surface area contributed by atoms with Gasteiger partial charge < -0.3 is 4.74 Å². The predicted molar refractivity (Wildman–Crippen MR) is 52.0 cm³/mol. The van der Waals surface area contributed by atoms with Gasteiger partial charge in [0.2, 0.25) is 0 Å². The van der Waals surface area contributed by atoms with Crippen LogP contribution >= 0.6 is 11.6 Å². The zero-order chi connectivity index (χ0) is 8.97. The van der Waals surface area contributed by atoms with Gasteiger partial charge in [-0.25, -0.2) is 0 Å². The number of hydrogen-bond acceptors (Lipinski definition) is 1. The van der Waals surface area contributed by atoms with Crippen LogP contribution in [0.15, 0.2) is 36.1 Å². The third kappa shape index (κ3) is 3.14. The summed E-state index contributed by atoms with van der Waals surface area (Å²) in [7, 11) is 0. The Kier molecular flexibility index (Phi) is 3.42. The lowest BCUT2D eigenvalue weighted by molar-refractivity contribution is 0.0599. The summed E-state index contributed by atoms with van der Waals surface area (Å²) in [5.74, 6) is 0.668. The fourth-order valence-corrected chi connectivity index (χ4v) is 0.988. The van der Waals surface area contributed by atoms with Crippen LogP contribution in [0.3, 0.4) is 0 Å². The van der Waals surface area contributed by atoms with Gasteiger partial charge in [-0.2, -0.15) is 0 Å². The fraction of sp³-hybridized carbons (Fsp3) is 0.400. The van der Waals surface area contributed by atoms with Crippen molar-refractivity contribution in [2.24, 2.45) is 0 Å². The molecule has 2 heteroatoms. The molecule has 0 heterocycles. The van der Waals surface area contributed by atoms with Gasteiger partial charge in [0, 0.05) is 5.03 Å². The smallest absolute Gasteiger partial charge is 0.112 e. The molecule has 0 atom stereocenters. The van der Waals surface area contributed by atoms with E-state index in [1.165, 1.54) is 6.42 Å². The van der Waals surface area contributed by atoms with E-state index in [-0.39, 0.29) is 0 Å². The van der Waals surface area contributed by atoms with E-state index in [2.05, 4.69) is 13.2 Å². The molecule has 0 aromatic rings. The second-order valence-electron chi connectivity index (χ2n) is 2.92. The van der Waals surface area contributed by atoms with Gasteiger partial charge in [0.15, 0.2) is 0 Å². The summed E-state index contributed by atoms with van der Waals surface area (Å²) in [5.41, 5.74) is 0. The summed E-state index contributed by atoms with van der Waals surface area (Å²) in [6, 6.07) is 0. The van der Waals surface area contributed by atoms with Gasteiger partial charge in [-0.15, -0.1) is 0 Å². The van der Waals surface area contributed by atoms with Crippen LogP contribution in [0.1, 0.15) is 19.3 Å². The zero-order valence-corrected chi connectivity index (χ0v) is 7.81. The first kappa shape index (κ1) is 9.40. The van der Waals surface area contributed by atoms with Gasteiger partial charge in [0.1, 0.15) is 5.76 Å². The van der Waals surface area contributed by atoms with E-state index >= 15 is 0 Å². The average Bonchev–Trinajstić information content (AvgIpc) is 1.93. The normalized spacial score (nSPS) is 17.4. The lowest BCUT2D eigenvalue weighted by Crippen LogP contribution is -2.20. The first-order valence-corrected chi connectivity index (χ1v) is 4.44. The first-order chi connectivity index (χ1) is 5.68. The van der Waals surface area contributed by atoms with Gasteiger partial charge in [0.05, 0.1) is 6.10 Å². The number of hydrogen-bond donors (Lipinski definition) is 0. The topological polar surface area (TPSA) is 9.23 Å². The molecule has 0 N–H and O–H groups in total. The largest absolute Gasteiger partial charge is 0.491 e. The number of halogens is 1. The molecular formula is C10H13ClO. The molecule has 1 aliphatic rings. The minimum atomic E-state index is 0.380. The second kappa shape index (κ2) is 4.36. The standard InChI is InChI=1S/C10H13ClO/c1-8(11)6-7-9(2)12-10-4-3-5-10/h6-7,10H,1-5H2/b7-6-. The van der Waals surface area contributed by atoms with E-state index in [9.17, 15) is 0 Å². The first-order valence-electron chi connectivity index (χ1n) is 4.06. The summed E-state index contributed by atoms with van der Waals surface area (Å²) < 4.78 is 5.46. The monoisotopic (exact) mass is 184 g/mol. The maximum absolute atomic E-state index is 5.53. The highest BCUT2D eigenvalue weighted by Crippen LogP contribution is 2.24. The molecule has 0 aliphatic heterocycles. The highest BCUT2D eigenvalue weighted by Gasteiger charge is 2.18. The number of rotatable bonds is 4. The van der Waals surface area contributed by atoms with Crippen molar-refractivity contribution in [1.82, 2.24) is 0 Å². The van der Waals surface area contributed by atoms with Crippen molar-refractivity contribution in [2.45, 2.75) is 25.4 Å². The molecule has 0 unspecified atom stereocenters. The van der Waals surface area contributed by atoms with E-state index in [1.54, 1.807) is 12.2 Å². The van der Waals surface area contributed by atoms with Gasteiger partial charge in [-0.1, -0.05) is 24.8 Å². The van der Waals surface area contributed by atoms with Gasteiger partial charge in [-0.3, -0.25) is 0 Å². The van der Waals surface area contributed by atoms with Crippen LogP contribution in [0, 0.1) is 0 Å². The lowest BCUT2D eigenvalue weighted by Gasteiger charge is -2.26. The maximum atomic E-state index is 5.53. The van der Waals surface area contributed by atoms with Gasteiger partial charge in [-0.05, 0) is 31.4 Å². The van der Waals surface area contributed by atoms with Crippen LogP contribution in [0.4, 0.5) is 0 Å². The Morgan fingerprint density at radius 3 is 2.42 bits per heavy atom. The Balaban J connectivity index is 2.23. The Morgan fingerprint density at radius 2 is 2.00 bits per heavy atom. The van der Waals surface area contributed by atoms with Crippen molar-refractivity contribution in [3.05, 3.63) is 36.1 Å². The maximum Gasteiger partial charge on any atom is 0.112 e. The van der Waals surface area contributed by atoms with E-state index in [1.807, 2.05) is 0 Å². The van der Waals surface area contributed by atoms with E-state index in [0.717, 1.165) is 12.8 Å². The van der Waals surface area contributed by atoms with Crippen LogP contribution in [0.5, 0.6) is 0 Å².